The number of hydrogen-bond acceptors (Lipinski definition) is 1. The van der Waals surface area contributed by atoms with Gasteiger partial charge in [-0.1, -0.05) is 0 Å². The average Bonchev–Trinajstić information content (AvgIpc) is 2.67. The number of epoxide rings is 1. The molecule has 1 aliphatic heterocycles. The van der Waals surface area contributed by atoms with Crippen LogP contribution in [0.3, 0.4) is 0 Å². The van der Waals surface area contributed by atoms with Crippen LogP contribution in [0.2, 0.25) is 0 Å². The Hall–Kier alpha value is -0.880. The molecule has 1 nitrogen and oxygen atoms in total. The van der Waals surface area contributed by atoms with Crippen LogP contribution in [0.25, 0.3) is 0 Å². The SMILES string of the molecule is FC(F)(F)C(F)(F)C(F)(F)C1(C(F)(F)F)OC1(F)F. The fraction of sp³-hybridized carbons (Fsp3) is 1.00. The summed E-state index contributed by atoms with van der Waals surface area (Å²) < 4.78 is 148. The summed E-state index contributed by atoms with van der Waals surface area (Å²) in [6.07, 6.45) is -19.9. The first-order valence-electron chi connectivity index (χ1n) is 3.93. The molecule has 0 saturated carbocycles. The Morgan fingerprint density at radius 1 is 0.684 bits per heavy atom. The van der Waals surface area contributed by atoms with Crippen molar-refractivity contribution in [3.8, 4) is 0 Å². The van der Waals surface area contributed by atoms with E-state index in [0.717, 1.165) is 0 Å². The maximum Gasteiger partial charge on any atom is 0.460 e. The molecular formula is C6F12O. The lowest BCUT2D eigenvalue weighted by atomic mass is 9.93. The molecule has 0 aromatic carbocycles. The van der Waals surface area contributed by atoms with Crippen LogP contribution in [-0.2, 0) is 4.74 Å². The third-order valence-electron chi connectivity index (χ3n) is 2.24. The lowest BCUT2D eigenvalue weighted by Gasteiger charge is -2.32. The molecule has 1 fully saturated rings. The van der Waals surface area contributed by atoms with Crippen LogP contribution in [0.15, 0.2) is 0 Å². The summed E-state index contributed by atoms with van der Waals surface area (Å²) in [4.78, 5) is 0. The molecule has 1 atom stereocenters. The summed E-state index contributed by atoms with van der Waals surface area (Å²) in [5, 5.41) is 0. The number of hydrogen-bond donors (Lipinski definition) is 0. The Balaban J connectivity index is 3.42. The largest absolute Gasteiger partial charge is 0.460 e. The number of rotatable bonds is 2. The highest BCUT2D eigenvalue weighted by Crippen LogP contribution is 2.70. The van der Waals surface area contributed by atoms with E-state index in [9.17, 15) is 52.7 Å². The quantitative estimate of drug-likeness (QED) is 0.558. The lowest BCUT2D eigenvalue weighted by molar-refractivity contribution is -0.391. The molecule has 1 unspecified atom stereocenters. The smallest absolute Gasteiger partial charge is 0.287 e. The predicted molar refractivity (Wildman–Crippen MR) is 30.8 cm³/mol. The molecule has 0 amide bonds. The van der Waals surface area contributed by atoms with E-state index in [1.165, 1.54) is 0 Å². The van der Waals surface area contributed by atoms with Crippen LogP contribution in [-0.4, -0.2) is 35.9 Å². The molecule has 0 bridgehead atoms. The maximum atomic E-state index is 12.7. The molecule has 13 heteroatoms. The van der Waals surface area contributed by atoms with Crippen molar-refractivity contribution < 1.29 is 57.4 Å². The minimum absolute atomic E-state index is 2.21. The first kappa shape index (κ1) is 16.2. The zero-order valence-corrected chi connectivity index (χ0v) is 7.94. The van der Waals surface area contributed by atoms with Gasteiger partial charge in [0.2, 0.25) is 0 Å². The molecule has 1 heterocycles. The second-order valence-electron chi connectivity index (χ2n) is 3.44. The number of ether oxygens (including phenoxy) is 1. The van der Waals surface area contributed by atoms with Crippen molar-refractivity contribution >= 4 is 0 Å². The van der Waals surface area contributed by atoms with E-state index in [1.54, 1.807) is 0 Å². The minimum atomic E-state index is -7.37. The molecule has 0 radical (unpaired) electrons. The van der Waals surface area contributed by atoms with Crippen LogP contribution in [0.1, 0.15) is 0 Å². The van der Waals surface area contributed by atoms with E-state index in [2.05, 4.69) is 4.74 Å². The van der Waals surface area contributed by atoms with Crippen molar-refractivity contribution in [3.05, 3.63) is 0 Å². The van der Waals surface area contributed by atoms with E-state index in [0.29, 0.717) is 0 Å². The van der Waals surface area contributed by atoms with E-state index in [4.69, 9.17) is 0 Å². The van der Waals surface area contributed by atoms with Crippen molar-refractivity contribution in [2.75, 3.05) is 0 Å². The Bertz CT molecular complexity index is 377. The average molecular weight is 316 g/mol. The molecule has 0 aromatic heterocycles. The summed E-state index contributed by atoms with van der Waals surface area (Å²) in [6, 6.07) is 0. The summed E-state index contributed by atoms with van der Waals surface area (Å²) in [5.41, 5.74) is -6.22. The minimum Gasteiger partial charge on any atom is -0.287 e. The van der Waals surface area contributed by atoms with Crippen molar-refractivity contribution in [2.24, 2.45) is 0 Å². The monoisotopic (exact) mass is 316 g/mol. The Morgan fingerprint density at radius 2 is 1.00 bits per heavy atom. The van der Waals surface area contributed by atoms with Crippen LogP contribution in [0.4, 0.5) is 52.7 Å². The van der Waals surface area contributed by atoms with Crippen LogP contribution in [0.5, 0.6) is 0 Å². The molecule has 1 aliphatic rings. The topological polar surface area (TPSA) is 12.5 Å². The third kappa shape index (κ3) is 1.69. The summed E-state index contributed by atoms with van der Waals surface area (Å²) in [5.74, 6) is -14.6. The Kier molecular flexibility index (Phi) is 2.90. The maximum absolute atomic E-state index is 12.7. The van der Waals surface area contributed by atoms with Crippen LogP contribution >= 0.6 is 0 Å². The zero-order chi connectivity index (χ0) is 15.7. The summed E-state index contributed by atoms with van der Waals surface area (Å²) in [7, 11) is 0. The number of halogens is 12. The van der Waals surface area contributed by atoms with Gasteiger partial charge in [0.1, 0.15) is 0 Å². The summed E-state index contributed by atoms with van der Waals surface area (Å²) in [6.45, 7) is 0. The molecule has 19 heavy (non-hydrogen) atoms. The first-order chi connectivity index (χ1) is 7.96. The van der Waals surface area contributed by atoms with Crippen molar-refractivity contribution in [3.63, 3.8) is 0 Å². The molecule has 114 valence electrons. The van der Waals surface area contributed by atoms with E-state index in [1.807, 2.05) is 0 Å². The van der Waals surface area contributed by atoms with Gasteiger partial charge in [-0.05, 0) is 0 Å². The van der Waals surface area contributed by atoms with Gasteiger partial charge in [-0.15, -0.1) is 0 Å². The molecule has 0 aliphatic carbocycles. The molecule has 0 N–H and O–H groups in total. The normalized spacial score (nSPS) is 28.4. The van der Waals surface area contributed by atoms with Gasteiger partial charge in [-0.2, -0.15) is 52.7 Å². The van der Waals surface area contributed by atoms with Crippen molar-refractivity contribution in [1.82, 2.24) is 0 Å². The highest BCUT2D eigenvalue weighted by molar-refractivity contribution is 5.22. The van der Waals surface area contributed by atoms with E-state index < -0.39 is 35.9 Å². The van der Waals surface area contributed by atoms with Gasteiger partial charge < -0.3 is 0 Å². The third-order valence-corrected chi connectivity index (χ3v) is 2.24. The fourth-order valence-corrected chi connectivity index (χ4v) is 1.21. The van der Waals surface area contributed by atoms with Crippen molar-refractivity contribution in [1.29, 1.82) is 0 Å². The van der Waals surface area contributed by atoms with Crippen molar-refractivity contribution in [2.45, 2.75) is 35.9 Å². The van der Waals surface area contributed by atoms with Gasteiger partial charge in [-0.25, -0.2) is 0 Å². The summed E-state index contributed by atoms with van der Waals surface area (Å²) >= 11 is 0. The van der Waals surface area contributed by atoms with Gasteiger partial charge >= 0.3 is 35.9 Å². The van der Waals surface area contributed by atoms with E-state index >= 15 is 0 Å². The first-order valence-corrected chi connectivity index (χ1v) is 3.93. The molecular weight excluding hydrogens is 316 g/mol. The van der Waals surface area contributed by atoms with Gasteiger partial charge in [0, 0.05) is 0 Å². The molecule has 0 spiro atoms. The van der Waals surface area contributed by atoms with E-state index in [-0.39, 0.29) is 0 Å². The fourth-order valence-electron chi connectivity index (χ4n) is 1.21. The zero-order valence-electron chi connectivity index (χ0n) is 7.94. The Morgan fingerprint density at radius 3 is 1.16 bits per heavy atom. The highest BCUT2D eigenvalue weighted by Gasteiger charge is 3.03. The van der Waals surface area contributed by atoms with Gasteiger partial charge in [0.25, 0.3) is 0 Å². The molecule has 0 aromatic rings. The van der Waals surface area contributed by atoms with Crippen LogP contribution < -0.4 is 0 Å². The Labute approximate surface area is 94.7 Å². The second-order valence-corrected chi connectivity index (χ2v) is 3.44. The lowest BCUT2D eigenvalue weighted by Crippen LogP contribution is -2.65. The van der Waals surface area contributed by atoms with Gasteiger partial charge in [-0.3, -0.25) is 4.74 Å². The molecule has 1 rings (SSSR count). The highest BCUT2D eigenvalue weighted by atomic mass is 19.4. The second kappa shape index (κ2) is 3.41. The standard InChI is InChI=1S/C6F12O/c7-2(8,3(9,10)5(14,15)16)1(4(11,12)13)6(17,18)19-1. The van der Waals surface area contributed by atoms with Gasteiger partial charge in [0.15, 0.2) is 0 Å². The van der Waals surface area contributed by atoms with Crippen LogP contribution in [0, 0.1) is 0 Å². The predicted octanol–water partition coefficient (Wildman–Crippen LogP) is 3.74. The number of alkyl halides is 12. The van der Waals surface area contributed by atoms with Gasteiger partial charge in [0.05, 0.1) is 0 Å². The molecule has 1 saturated heterocycles.